The zero-order valence-electron chi connectivity index (χ0n) is 13.1. The first-order chi connectivity index (χ1) is 11.0. The third-order valence-electron chi connectivity index (χ3n) is 3.41. The SMILES string of the molecule is CCC(C)Oc1cccc(NC(=O)c2ccccc2C(=O)O)c1. The van der Waals surface area contributed by atoms with Gasteiger partial charge in [0.2, 0.25) is 0 Å². The van der Waals surface area contributed by atoms with Gasteiger partial charge in [-0.15, -0.1) is 0 Å². The number of rotatable bonds is 6. The average Bonchev–Trinajstić information content (AvgIpc) is 2.55. The monoisotopic (exact) mass is 313 g/mol. The number of hydrogen-bond donors (Lipinski definition) is 2. The van der Waals surface area contributed by atoms with Crippen LogP contribution < -0.4 is 10.1 Å². The van der Waals surface area contributed by atoms with E-state index >= 15 is 0 Å². The van der Waals surface area contributed by atoms with Gasteiger partial charge in [-0.25, -0.2) is 4.79 Å². The maximum atomic E-state index is 12.3. The number of aromatic carboxylic acids is 1. The molecule has 120 valence electrons. The lowest BCUT2D eigenvalue weighted by Gasteiger charge is -2.14. The summed E-state index contributed by atoms with van der Waals surface area (Å²) in [7, 11) is 0. The summed E-state index contributed by atoms with van der Waals surface area (Å²) in [5.41, 5.74) is 0.640. The molecular formula is C18H19NO4. The van der Waals surface area contributed by atoms with Crippen LogP contribution in [0, 0.1) is 0 Å². The topological polar surface area (TPSA) is 75.6 Å². The Kier molecular flexibility index (Phi) is 5.36. The second-order valence-electron chi connectivity index (χ2n) is 5.17. The van der Waals surface area contributed by atoms with Crippen molar-refractivity contribution in [1.29, 1.82) is 0 Å². The number of ether oxygens (including phenoxy) is 1. The van der Waals surface area contributed by atoms with Crippen LogP contribution in [0.25, 0.3) is 0 Å². The number of carbonyl (C=O) groups excluding carboxylic acids is 1. The molecule has 0 aromatic heterocycles. The highest BCUT2D eigenvalue weighted by molar-refractivity contribution is 6.10. The molecule has 0 aliphatic carbocycles. The fraction of sp³-hybridized carbons (Fsp3) is 0.222. The second-order valence-corrected chi connectivity index (χ2v) is 5.17. The minimum absolute atomic E-state index is 0.0305. The molecule has 0 saturated carbocycles. The van der Waals surface area contributed by atoms with E-state index in [4.69, 9.17) is 9.84 Å². The van der Waals surface area contributed by atoms with Gasteiger partial charge in [0, 0.05) is 11.8 Å². The van der Waals surface area contributed by atoms with Crippen LogP contribution in [0.3, 0.4) is 0 Å². The highest BCUT2D eigenvalue weighted by Gasteiger charge is 2.16. The summed E-state index contributed by atoms with van der Waals surface area (Å²) in [4.78, 5) is 23.5. The van der Waals surface area contributed by atoms with Gasteiger partial charge in [0.15, 0.2) is 0 Å². The Bertz CT molecular complexity index is 712. The fourth-order valence-electron chi connectivity index (χ4n) is 2.03. The Morgan fingerprint density at radius 3 is 2.48 bits per heavy atom. The molecule has 1 unspecified atom stereocenters. The van der Waals surface area contributed by atoms with Gasteiger partial charge in [0.05, 0.1) is 17.2 Å². The van der Waals surface area contributed by atoms with Gasteiger partial charge in [-0.2, -0.15) is 0 Å². The van der Waals surface area contributed by atoms with Crippen molar-refractivity contribution in [2.45, 2.75) is 26.4 Å². The van der Waals surface area contributed by atoms with Crippen LogP contribution in [0.15, 0.2) is 48.5 Å². The molecule has 0 aliphatic rings. The number of carboxylic acid groups (broad SMARTS) is 1. The molecule has 2 aromatic rings. The van der Waals surface area contributed by atoms with Crippen molar-refractivity contribution >= 4 is 17.6 Å². The van der Waals surface area contributed by atoms with Crippen molar-refractivity contribution in [3.8, 4) is 5.75 Å². The van der Waals surface area contributed by atoms with Crippen molar-refractivity contribution in [3.63, 3.8) is 0 Å². The summed E-state index contributed by atoms with van der Waals surface area (Å²) in [6.45, 7) is 3.99. The number of benzene rings is 2. The summed E-state index contributed by atoms with van der Waals surface area (Å²) in [5.74, 6) is -0.947. The van der Waals surface area contributed by atoms with E-state index in [0.29, 0.717) is 11.4 Å². The molecule has 2 aromatic carbocycles. The molecule has 0 saturated heterocycles. The molecule has 5 nitrogen and oxygen atoms in total. The van der Waals surface area contributed by atoms with E-state index in [9.17, 15) is 9.59 Å². The lowest BCUT2D eigenvalue weighted by molar-refractivity contribution is 0.0692. The quantitative estimate of drug-likeness (QED) is 0.850. The molecule has 0 radical (unpaired) electrons. The van der Waals surface area contributed by atoms with Crippen LogP contribution in [-0.2, 0) is 0 Å². The van der Waals surface area contributed by atoms with Crippen molar-refractivity contribution in [3.05, 3.63) is 59.7 Å². The number of hydrogen-bond acceptors (Lipinski definition) is 3. The van der Waals surface area contributed by atoms with Crippen molar-refractivity contribution in [1.82, 2.24) is 0 Å². The van der Waals surface area contributed by atoms with Crippen LogP contribution in [0.2, 0.25) is 0 Å². The van der Waals surface area contributed by atoms with Crippen molar-refractivity contribution in [2.75, 3.05) is 5.32 Å². The van der Waals surface area contributed by atoms with E-state index in [1.165, 1.54) is 12.1 Å². The third kappa shape index (κ3) is 4.32. The van der Waals surface area contributed by atoms with E-state index in [-0.39, 0.29) is 17.2 Å². The molecule has 0 spiro atoms. The summed E-state index contributed by atoms with van der Waals surface area (Å²) in [5, 5.41) is 11.9. The Hall–Kier alpha value is -2.82. The fourth-order valence-corrected chi connectivity index (χ4v) is 2.03. The Morgan fingerprint density at radius 2 is 1.83 bits per heavy atom. The Balaban J connectivity index is 2.18. The summed E-state index contributed by atoms with van der Waals surface area (Å²) >= 11 is 0. The first-order valence-electron chi connectivity index (χ1n) is 7.41. The van der Waals surface area contributed by atoms with E-state index < -0.39 is 11.9 Å². The average molecular weight is 313 g/mol. The van der Waals surface area contributed by atoms with E-state index in [1.54, 1.807) is 30.3 Å². The van der Waals surface area contributed by atoms with Crippen LogP contribution in [0.1, 0.15) is 41.0 Å². The number of nitrogens with one attached hydrogen (secondary N) is 1. The Morgan fingerprint density at radius 1 is 1.13 bits per heavy atom. The van der Waals surface area contributed by atoms with Gasteiger partial charge in [-0.05, 0) is 37.6 Å². The number of carboxylic acids is 1. The summed E-state index contributed by atoms with van der Waals surface area (Å²) in [6.07, 6.45) is 0.955. The van der Waals surface area contributed by atoms with Crippen LogP contribution in [0.5, 0.6) is 5.75 Å². The number of amides is 1. The summed E-state index contributed by atoms with van der Waals surface area (Å²) in [6, 6.07) is 13.1. The highest BCUT2D eigenvalue weighted by Crippen LogP contribution is 2.20. The lowest BCUT2D eigenvalue weighted by Crippen LogP contribution is -2.16. The number of anilines is 1. The number of carbonyl (C=O) groups is 2. The molecular weight excluding hydrogens is 294 g/mol. The summed E-state index contributed by atoms with van der Waals surface area (Å²) < 4.78 is 5.71. The van der Waals surface area contributed by atoms with Gasteiger partial charge in [0.25, 0.3) is 5.91 Å². The lowest BCUT2D eigenvalue weighted by atomic mass is 10.1. The van der Waals surface area contributed by atoms with E-state index in [0.717, 1.165) is 6.42 Å². The minimum atomic E-state index is -1.13. The molecule has 0 bridgehead atoms. The first-order valence-corrected chi connectivity index (χ1v) is 7.41. The molecule has 1 amide bonds. The maximum Gasteiger partial charge on any atom is 0.336 e. The minimum Gasteiger partial charge on any atom is -0.491 e. The van der Waals surface area contributed by atoms with Crippen LogP contribution in [0.4, 0.5) is 5.69 Å². The highest BCUT2D eigenvalue weighted by atomic mass is 16.5. The van der Waals surface area contributed by atoms with Gasteiger partial charge >= 0.3 is 5.97 Å². The van der Waals surface area contributed by atoms with E-state index in [1.807, 2.05) is 19.9 Å². The Labute approximate surface area is 134 Å². The maximum absolute atomic E-state index is 12.3. The largest absolute Gasteiger partial charge is 0.491 e. The normalized spacial score (nSPS) is 11.6. The molecule has 0 aliphatic heterocycles. The third-order valence-corrected chi connectivity index (χ3v) is 3.41. The second kappa shape index (κ2) is 7.45. The molecule has 23 heavy (non-hydrogen) atoms. The van der Waals surface area contributed by atoms with Gasteiger partial charge in [-0.1, -0.05) is 25.1 Å². The first kappa shape index (κ1) is 16.5. The van der Waals surface area contributed by atoms with Crippen molar-refractivity contribution < 1.29 is 19.4 Å². The predicted molar refractivity (Wildman–Crippen MR) is 88.2 cm³/mol. The van der Waals surface area contributed by atoms with Gasteiger partial charge < -0.3 is 15.2 Å². The zero-order chi connectivity index (χ0) is 16.8. The van der Waals surface area contributed by atoms with Gasteiger partial charge in [0.1, 0.15) is 5.75 Å². The molecule has 0 heterocycles. The van der Waals surface area contributed by atoms with Crippen LogP contribution >= 0.6 is 0 Å². The van der Waals surface area contributed by atoms with Gasteiger partial charge in [-0.3, -0.25) is 4.79 Å². The predicted octanol–water partition coefficient (Wildman–Crippen LogP) is 3.81. The molecule has 2 rings (SSSR count). The molecule has 1 atom stereocenters. The van der Waals surface area contributed by atoms with Crippen molar-refractivity contribution in [2.24, 2.45) is 0 Å². The molecule has 2 N–H and O–H groups in total. The molecule has 5 heteroatoms. The molecule has 0 fully saturated rings. The smallest absolute Gasteiger partial charge is 0.336 e. The standard InChI is InChI=1S/C18H19NO4/c1-3-12(2)23-14-8-6-7-13(11-14)19-17(20)15-9-4-5-10-16(15)18(21)22/h4-12H,3H2,1-2H3,(H,19,20)(H,21,22). The zero-order valence-corrected chi connectivity index (χ0v) is 13.1. The van der Waals surface area contributed by atoms with Crippen LogP contribution in [-0.4, -0.2) is 23.1 Å². The van der Waals surface area contributed by atoms with E-state index in [2.05, 4.69) is 5.32 Å².